The highest BCUT2D eigenvalue weighted by atomic mass is 16.5. The van der Waals surface area contributed by atoms with Gasteiger partial charge in [0.15, 0.2) is 0 Å². The lowest BCUT2D eigenvalue weighted by atomic mass is 9.95. The Kier molecular flexibility index (Phi) is 4.04. The maximum absolute atomic E-state index is 10.6. The molecule has 1 N–H and O–H groups in total. The molecule has 0 radical (unpaired) electrons. The van der Waals surface area contributed by atoms with Crippen LogP contribution in [0.25, 0.3) is 0 Å². The van der Waals surface area contributed by atoms with Crippen LogP contribution in [0.2, 0.25) is 0 Å². The number of rotatable bonds is 4. The van der Waals surface area contributed by atoms with E-state index < -0.39 is 6.10 Å². The first-order valence-electron chi connectivity index (χ1n) is 7.24. The van der Waals surface area contributed by atoms with E-state index in [-0.39, 0.29) is 0 Å². The summed E-state index contributed by atoms with van der Waals surface area (Å²) >= 11 is 0. The predicted molar refractivity (Wildman–Crippen MR) is 81.8 cm³/mol. The van der Waals surface area contributed by atoms with Gasteiger partial charge in [-0.25, -0.2) is 4.98 Å². The lowest BCUT2D eigenvalue weighted by Crippen LogP contribution is -2.34. The lowest BCUT2D eigenvalue weighted by molar-refractivity contribution is 0.0823. The van der Waals surface area contributed by atoms with E-state index in [1.54, 1.807) is 20.4 Å². The highest BCUT2D eigenvalue weighted by Gasteiger charge is 2.30. The zero-order valence-electron chi connectivity index (χ0n) is 13.1. The summed E-state index contributed by atoms with van der Waals surface area (Å²) in [5.74, 6) is 2.46. The van der Waals surface area contributed by atoms with Crippen LogP contribution < -0.4 is 9.47 Å². The molecule has 6 nitrogen and oxygen atoms in total. The minimum atomic E-state index is -0.603. The number of imidazole rings is 1. The van der Waals surface area contributed by atoms with E-state index in [2.05, 4.69) is 9.88 Å². The number of hydrogen-bond donors (Lipinski definition) is 1. The normalized spacial score (nSPS) is 18.1. The van der Waals surface area contributed by atoms with Crippen LogP contribution in [0, 0.1) is 0 Å². The average Bonchev–Trinajstić information content (AvgIpc) is 2.91. The van der Waals surface area contributed by atoms with Crippen LogP contribution >= 0.6 is 0 Å². The molecule has 22 heavy (non-hydrogen) atoms. The SMILES string of the molecule is COc1ccc(OC)c2c1CN(Cc1nccn1C)CC2O. The van der Waals surface area contributed by atoms with E-state index in [0.29, 0.717) is 25.4 Å². The van der Waals surface area contributed by atoms with Gasteiger partial charge < -0.3 is 19.1 Å². The van der Waals surface area contributed by atoms with Gasteiger partial charge in [0.2, 0.25) is 0 Å². The summed E-state index contributed by atoms with van der Waals surface area (Å²) < 4.78 is 12.8. The van der Waals surface area contributed by atoms with Crippen LogP contribution in [0.1, 0.15) is 23.1 Å². The maximum Gasteiger partial charge on any atom is 0.125 e. The molecule has 1 atom stereocenters. The van der Waals surface area contributed by atoms with Gasteiger partial charge in [-0.05, 0) is 12.1 Å². The van der Waals surface area contributed by atoms with Gasteiger partial charge in [-0.15, -0.1) is 0 Å². The van der Waals surface area contributed by atoms with Crippen molar-refractivity contribution in [2.45, 2.75) is 19.2 Å². The molecule has 2 aromatic rings. The third kappa shape index (κ3) is 2.55. The quantitative estimate of drug-likeness (QED) is 0.927. The molecular weight excluding hydrogens is 282 g/mol. The highest BCUT2D eigenvalue weighted by Crippen LogP contribution is 2.39. The Labute approximate surface area is 129 Å². The van der Waals surface area contributed by atoms with E-state index in [1.807, 2.05) is 29.9 Å². The summed E-state index contributed by atoms with van der Waals surface area (Å²) in [5, 5.41) is 10.6. The number of aliphatic hydroxyl groups excluding tert-OH is 1. The third-order valence-corrected chi connectivity index (χ3v) is 4.15. The Hall–Kier alpha value is -2.05. The predicted octanol–water partition coefficient (Wildman–Crippen LogP) is 1.49. The zero-order valence-corrected chi connectivity index (χ0v) is 13.1. The summed E-state index contributed by atoms with van der Waals surface area (Å²) in [4.78, 5) is 6.51. The highest BCUT2D eigenvalue weighted by molar-refractivity contribution is 5.51. The molecule has 1 aromatic heterocycles. The summed E-state index contributed by atoms with van der Waals surface area (Å²) in [6.45, 7) is 1.92. The van der Waals surface area contributed by atoms with Crippen molar-refractivity contribution >= 4 is 0 Å². The van der Waals surface area contributed by atoms with Crippen molar-refractivity contribution in [2.24, 2.45) is 7.05 Å². The second-order valence-corrected chi connectivity index (χ2v) is 5.50. The Balaban J connectivity index is 1.92. The van der Waals surface area contributed by atoms with Gasteiger partial charge in [0.05, 0.1) is 26.9 Å². The van der Waals surface area contributed by atoms with Crippen LogP contribution in [0.15, 0.2) is 24.5 Å². The van der Waals surface area contributed by atoms with Gasteiger partial charge in [-0.1, -0.05) is 0 Å². The van der Waals surface area contributed by atoms with Crippen molar-refractivity contribution in [3.05, 3.63) is 41.5 Å². The lowest BCUT2D eigenvalue weighted by Gasteiger charge is -2.33. The number of hydrogen-bond acceptors (Lipinski definition) is 5. The van der Waals surface area contributed by atoms with Gasteiger partial charge in [-0.3, -0.25) is 4.90 Å². The van der Waals surface area contributed by atoms with Crippen molar-refractivity contribution in [3.8, 4) is 11.5 Å². The second kappa shape index (κ2) is 5.98. The molecule has 0 spiro atoms. The molecule has 1 aliphatic rings. The van der Waals surface area contributed by atoms with Gasteiger partial charge >= 0.3 is 0 Å². The number of ether oxygens (including phenoxy) is 2. The van der Waals surface area contributed by atoms with Gasteiger partial charge in [0.25, 0.3) is 0 Å². The fraction of sp³-hybridized carbons (Fsp3) is 0.438. The summed E-state index contributed by atoms with van der Waals surface area (Å²) in [6.07, 6.45) is 3.11. The van der Waals surface area contributed by atoms with Crippen LogP contribution in [-0.2, 0) is 20.1 Å². The molecule has 1 unspecified atom stereocenters. The number of aryl methyl sites for hydroxylation is 1. The molecule has 0 saturated heterocycles. The topological polar surface area (TPSA) is 59.8 Å². The van der Waals surface area contributed by atoms with E-state index in [1.165, 1.54) is 0 Å². The second-order valence-electron chi connectivity index (χ2n) is 5.50. The molecular formula is C16H21N3O3. The molecule has 118 valence electrons. The third-order valence-electron chi connectivity index (χ3n) is 4.15. The summed E-state index contributed by atoms with van der Waals surface area (Å²) in [6, 6.07) is 3.73. The van der Waals surface area contributed by atoms with E-state index in [4.69, 9.17) is 9.47 Å². The number of nitrogens with zero attached hydrogens (tertiary/aromatic N) is 3. The standard InChI is InChI=1S/C16H21N3O3/c1-18-7-6-17-15(18)10-19-8-11-13(21-2)4-5-14(22-3)16(11)12(20)9-19/h4-7,12,20H,8-10H2,1-3H3. The number of benzene rings is 1. The fourth-order valence-corrected chi connectivity index (χ4v) is 3.01. The monoisotopic (exact) mass is 303 g/mol. The zero-order chi connectivity index (χ0) is 15.7. The number of fused-ring (bicyclic) bond motifs is 1. The van der Waals surface area contributed by atoms with E-state index in [0.717, 1.165) is 22.7 Å². The molecule has 3 rings (SSSR count). The smallest absolute Gasteiger partial charge is 0.125 e. The number of aromatic nitrogens is 2. The Morgan fingerprint density at radius 3 is 2.64 bits per heavy atom. The van der Waals surface area contributed by atoms with Crippen LogP contribution in [-0.4, -0.2) is 40.3 Å². The number of aliphatic hydroxyl groups is 1. The molecule has 6 heteroatoms. The minimum absolute atomic E-state index is 0.545. The van der Waals surface area contributed by atoms with Gasteiger partial charge in [-0.2, -0.15) is 0 Å². The molecule has 0 amide bonds. The molecule has 1 aliphatic heterocycles. The maximum atomic E-state index is 10.6. The van der Waals surface area contributed by atoms with Crippen molar-refractivity contribution in [3.63, 3.8) is 0 Å². The van der Waals surface area contributed by atoms with Gasteiger partial charge in [0, 0.05) is 43.7 Å². The summed E-state index contributed by atoms with van der Waals surface area (Å²) in [5.41, 5.74) is 1.81. The van der Waals surface area contributed by atoms with Crippen molar-refractivity contribution < 1.29 is 14.6 Å². The number of β-amino-alcohol motifs (C(OH)–C–C–N with tert-alkyl or cyclic N) is 1. The van der Waals surface area contributed by atoms with Gasteiger partial charge in [0.1, 0.15) is 17.3 Å². The van der Waals surface area contributed by atoms with Crippen LogP contribution in [0.4, 0.5) is 0 Å². The average molecular weight is 303 g/mol. The fourth-order valence-electron chi connectivity index (χ4n) is 3.01. The largest absolute Gasteiger partial charge is 0.496 e. The molecule has 0 fully saturated rings. The Morgan fingerprint density at radius 1 is 1.27 bits per heavy atom. The van der Waals surface area contributed by atoms with Crippen molar-refractivity contribution in [2.75, 3.05) is 20.8 Å². The number of methoxy groups -OCH3 is 2. The first-order valence-corrected chi connectivity index (χ1v) is 7.24. The summed E-state index contributed by atoms with van der Waals surface area (Å²) in [7, 11) is 5.24. The first-order chi connectivity index (χ1) is 10.6. The Bertz CT molecular complexity index is 669. The van der Waals surface area contributed by atoms with E-state index >= 15 is 0 Å². The van der Waals surface area contributed by atoms with E-state index in [9.17, 15) is 5.11 Å². The molecule has 0 bridgehead atoms. The first kappa shape index (κ1) is 14.9. The molecule has 0 aliphatic carbocycles. The molecule has 0 saturated carbocycles. The van der Waals surface area contributed by atoms with Crippen molar-refractivity contribution in [1.29, 1.82) is 0 Å². The van der Waals surface area contributed by atoms with Crippen LogP contribution in [0.5, 0.6) is 11.5 Å². The molecule has 2 heterocycles. The molecule has 1 aromatic carbocycles. The Morgan fingerprint density at radius 2 is 2.00 bits per heavy atom. The van der Waals surface area contributed by atoms with Crippen LogP contribution in [0.3, 0.4) is 0 Å². The van der Waals surface area contributed by atoms with Crippen molar-refractivity contribution in [1.82, 2.24) is 14.5 Å². The minimum Gasteiger partial charge on any atom is -0.496 e.